The normalized spacial score (nSPS) is 18.6. The molecule has 2 aromatic rings. The van der Waals surface area contributed by atoms with Crippen molar-refractivity contribution in [1.29, 1.82) is 0 Å². The standard InChI is InChI=1S/C20H22BF3O3/c1-18(2)19(3,4)27-21(26-18)16-10-8-14(9-11-16)13-25-17-7-5-6-15(12-17)20(22,23)24/h5-12H,13H2,1-4H3. The Morgan fingerprint density at radius 3 is 2.07 bits per heavy atom. The van der Waals surface area contributed by atoms with Gasteiger partial charge in [0.1, 0.15) is 12.4 Å². The summed E-state index contributed by atoms with van der Waals surface area (Å²) in [7, 11) is -0.451. The molecule has 0 unspecified atom stereocenters. The fraction of sp³-hybridized carbons (Fsp3) is 0.400. The smallest absolute Gasteiger partial charge is 0.489 e. The van der Waals surface area contributed by atoms with Crippen LogP contribution in [0.15, 0.2) is 48.5 Å². The van der Waals surface area contributed by atoms with E-state index in [0.29, 0.717) is 0 Å². The number of alkyl halides is 3. The summed E-state index contributed by atoms with van der Waals surface area (Å²) in [5.74, 6) is 0.180. The molecule has 0 aromatic heterocycles. The molecule has 1 fully saturated rings. The van der Waals surface area contributed by atoms with Gasteiger partial charge in [0, 0.05) is 0 Å². The van der Waals surface area contributed by atoms with E-state index in [0.717, 1.165) is 23.2 Å². The van der Waals surface area contributed by atoms with Gasteiger partial charge in [0.15, 0.2) is 0 Å². The van der Waals surface area contributed by atoms with Crippen LogP contribution < -0.4 is 10.2 Å². The van der Waals surface area contributed by atoms with Crippen molar-refractivity contribution in [2.45, 2.75) is 51.7 Å². The van der Waals surface area contributed by atoms with Gasteiger partial charge in [-0.2, -0.15) is 13.2 Å². The van der Waals surface area contributed by atoms with Gasteiger partial charge in [0.2, 0.25) is 0 Å². The van der Waals surface area contributed by atoms with Gasteiger partial charge in [-0.15, -0.1) is 0 Å². The summed E-state index contributed by atoms with van der Waals surface area (Å²) in [4.78, 5) is 0. The molecule has 2 aromatic carbocycles. The van der Waals surface area contributed by atoms with Crippen molar-refractivity contribution in [3.63, 3.8) is 0 Å². The molecular formula is C20H22BF3O3. The maximum atomic E-state index is 12.8. The Kier molecular flexibility index (Phi) is 5.03. The molecule has 1 saturated heterocycles. The van der Waals surface area contributed by atoms with Crippen molar-refractivity contribution in [3.05, 3.63) is 59.7 Å². The molecule has 0 amide bonds. The van der Waals surface area contributed by atoms with Crippen molar-refractivity contribution in [3.8, 4) is 5.75 Å². The SMILES string of the molecule is CC1(C)OB(c2ccc(COc3cccc(C(F)(F)F)c3)cc2)OC1(C)C. The van der Waals surface area contributed by atoms with Crippen LogP contribution in [0, 0.1) is 0 Å². The number of benzene rings is 2. The summed E-state index contributed by atoms with van der Waals surface area (Å²) in [5, 5.41) is 0. The van der Waals surface area contributed by atoms with E-state index >= 15 is 0 Å². The maximum Gasteiger partial charge on any atom is 0.494 e. The minimum atomic E-state index is -4.39. The Balaban J connectivity index is 1.64. The molecule has 3 nitrogen and oxygen atoms in total. The Morgan fingerprint density at radius 1 is 0.926 bits per heavy atom. The van der Waals surface area contributed by atoms with Crippen molar-refractivity contribution < 1.29 is 27.2 Å². The lowest BCUT2D eigenvalue weighted by Crippen LogP contribution is -2.41. The number of ether oxygens (including phenoxy) is 1. The summed E-state index contributed by atoms with van der Waals surface area (Å²) in [6.07, 6.45) is -4.39. The van der Waals surface area contributed by atoms with Gasteiger partial charge < -0.3 is 14.0 Å². The van der Waals surface area contributed by atoms with Gasteiger partial charge in [-0.05, 0) is 56.9 Å². The van der Waals surface area contributed by atoms with Crippen LogP contribution in [-0.2, 0) is 22.1 Å². The maximum absolute atomic E-state index is 12.8. The molecule has 0 radical (unpaired) electrons. The molecule has 1 aliphatic heterocycles. The lowest BCUT2D eigenvalue weighted by Gasteiger charge is -2.32. The van der Waals surface area contributed by atoms with Crippen molar-refractivity contribution in [2.75, 3.05) is 0 Å². The number of rotatable bonds is 4. The Bertz CT molecular complexity index is 785. The number of hydrogen-bond donors (Lipinski definition) is 0. The van der Waals surface area contributed by atoms with Gasteiger partial charge in [-0.3, -0.25) is 0 Å². The quantitative estimate of drug-likeness (QED) is 0.729. The highest BCUT2D eigenvalue weighted by Crippen LogP contribution is 2.36. The molecule has 0 spiro atoms. The summed E-state index contributed by atoms with van der Waals surface area (Å²) < 4.78 is 55.8. The second kappa shape index (κ2) is 6.87. The van der Waals surface area contributed by atoms with E-state index in [-0.39, 0.29) is 12.4 Å². The van der Waals surface area contributed by atoms with Gasteiger partial charge in [0.25, 0.3) is 0 Å². The zero-order valence-corrected chi connectivity index (χ0v) is 15.8. The molecular weight excluding hydrogens is 356 g/mol. The fourth-order valence-corrected chi connectivity index (χ4v) is 2.68. The Labute approximate surface area is 157 Å². The van der Waals surface area contributed by atoms with Crippen LogP contribution in [0.4, 0.5) is 13.2 Å². The Hall–Kier alpha value is -1.99. The minimum Gasteiger partial charge on any atom is -0.489 e. The van der Waals surface area contributed by atoms with Gasteiger partial charge >= 0.3 is 13.3 Å². The zero-order valence-electron chi connectivity index (χ0n) is 15.8. The first-order chi connectivity index (χ1) is 12.5. The third-order valence-electron chi connectivity index (χ3n) is 5.07. The largest absolute Gasteiger partial charge is 0.494 e. The van der Waals surface area contributed by atoms with Crippen LogP contribution in [0.5, 0.6) is 5.75 Å². The summed E-state index contributed by atoms with van der Waals surface area (Å²) in [6.45, 7) is 8.13. The molecule has 1 heterocycles. The Morgan fingerprint density at radius 2 is 1.52 bits per heavy atom. The predicted octanol–water partition coefficient (Wildman–Crippen LogP) is 4.58. The monoisotopic (exact) mass is 378 g/mol. The lowest BCUT2D eigenvalue weighted by atomic mass is 9.79. The van der Waals surface area contributed by atoms with E-state index in [1.165, 1.54) is 12.1 Å². The molecule has 0 N–H and O–H groups in total. The number of hydrogen-bond acceptors (Lipinski definition) is 3. The van der Waals surface area contributed by atoms with Crippen LogP contribution in [0.1, 0.15) is 38.8 Å². The highest BCUT2D eigenvalue weighted by Gasteiger charge is 2.51. The summed E-state index contributed by atoms with van der Waals surface area (Å²) in [5.41, 5.74) is 0.173. The van der Waals surface area contributed by atoms with E-state index in [4.69, 9.17) is 14.0 Å². The van der Waals surface area contributed by atoms with Crippen molar-refractivity contribution in [1.82, 2.24) is 0 Å². The van der Waals surface area contributed by atoms with E-state index in [1.54, 1.807) is 0 Å². The average Bonchev–Trinajstić information content (AvgIpc) is 2.81. The predicted molar refractivity (Wildman–Crippen MR) is 97.9 cm³/mol. The summed E-state index contributed by atoms with van der Waals surface area (Å²) >= 11 is 0. The van der Waals surface area contributed by atoms with Crippen LogP contribution in [0.2, 0.25) is 0 Å². The average molecular weight is 378 g/mol. The number of halogens is 3. The molecule has 0 aliphatic carbocycles. The van der Waals surface area contributed by atoms with E-state index < -0.39 is 30.1 Å². The second-order valence-corrected chi connectivity index (χ2v) is 7.64. The van der Waals surface area contributed by atoms with Crippen molar-refractivity contribution in [2.24, 2.45) is 0 Å². The molecule has 0 atom stereocenters. The second-order valence-electron chi connectivity index (χ2n) is 7.64. The third kappa shape index (κ3) is 4.30. The molecule has 1 aliphatic rings. The zero-order chi connectivity index (χ0) is 19.9. The molecule has 0 saturated carbocycles. The van der Waals surface area contributed by atoms with E-state index in [1.807, 2.05) is 52.0 Å². The first-order valence-corrected chi connectivity index (χ1v) is 8.72. The lowest BCUT2D eigenvalue weighted by molar-refractivity contribution is -0.137. The summed E-state index contributed by atoms with van der Waals surface area (Å²) in [6, 6.07) is 12.3. The van der Waals surface area contributed by atoms with Crippen LogP contribution in [-0.4, -0.2) is 18.3 Å². The molecule has 0 bridgehead atoms. The van der Waals surface area contributed by atoms with Crippen LogP contribution >= 0.6 is 0 Å². The third-order valence-corrected chi connectivity index (χ3v) is 5.07. The van der Waals surface area contributed by atoms with Gasteiger partial charge in [-0.25, -0.2) is 0 Å². The van der Waals surface area contributed by atoms with E-state index in [9.17, 15) is 13.2 Å². The van der Waals surface area contributed by atoms with Crippen LogP contribution in [0.3, 0.4) is 0 Å². The highest BCUT2D eigenvalue weighted by atomic mass is 19.4. The molecule has 27 heavy (non-hydrogen) atoms. The topological polar surface area (TPSA) is 27.7 Å². The first kappa shape index (κ1) is 19.8. The highest BCUT2D eigenvalue weighted by molar-refractivity contribution is 6.62. The minimum absolute atomic E-state index is 0.172. The van der Waals surface area contributed by atoms with Crippen LogP contribution in [0.25, 0.3) is 0 Å². The fourth-order valence-electron chi connectivity index (χ4n) is 2.68. The first-order valence-electron chi connectivity index (χ1n) is 8.72. The molecule has 3 rings (SSSR count). The van der Waals surface area contributed by atoms with Crippen molar-refractivity contribution >= 4 is 12.6 Å². The molecule has 7 heteroatoms. The van der Waals surface area contributed by atoms with E-state index in [2.05, 4.69) is 0 Å². The van der Waals surface area contributed by atoms with Gasteiger partial charge in [-0.1, -0.05) is 30.3 Å². The van der Waals surface area contributed by atoms with Gasteiger partial charge in [0.05, 0.1) is 16.8 Å². The molecule has 144 valence electrons.